The standard InChI is InChI=1S/C16H24N2O/c1-12-6-4-5-7-16(12)13(2)17-15-8-10-18(11-9-15)14(3)19/h4-7,13,15,17H,8-11H2,1-3H3. The Kier molecular flexibility index (Phi) is 4.59. The Hall–Kier alpha value is -1.35. The Morgan fingerprint density at radius 2 is 1.95 bits per heavy atom. The van der Waals surface area contributed by atoms with Crippen molar-refractivity contribution in [2.24, 2.45) is 0 Å². The summed E-state index contributed by atoms with van der Waals surface area (Å²) in [5.74, 6) is 0.199. The molecule has 1 amide bonds. The number of rotatable bonds is 3. The van der Waals surface area contributed by atoms with Crippen LogP contribution in [-0.4, -0.2) is 29.9 Å². The molecular weight excluding hydrogens is 236 g/mol. The maximum atomic E-state index is 11.3. The fourth-order valence-corrected chi connectivity index (χ4v) is 2.88. The number of carbonyl (C=O) groups excluding carboxylic acids is 1. The van der Waals surface area contributed by atoms with Gasteiger partial charge in [-0.1, -0.05) is 24.3 Å². The van der Waals surface area contributed by atoms with E-state index >= 15 is 0 Å². The molecule has 1 saturated heterocycles. The second-order valence-corrected chi connectivity index (χ2v) is 5.53. The highest BCUT2D eigenvalue weighted by atomic mass is 16.2. The van der Waals surface area contributed by atoms with E-state index in [1.807, 2.05) is 4.90 Å². The number of hydrogen-bond acceptors (Lipinski definition) is 2. The normalized spacial score (nSPS) is 18.4. The Morgan fingerprint density at radius 3 is 2.53 bits per heavy atom. The smallest absolute Gasteiger partial charge is 0.219 e. The second-order valence-electron chi connectivity index (χ2n) is 5.53. The quantitative estimate of drug-likeness (QED) is 0.906. The van der Waals surface area contributed by atoms with E-state index in [2.05, 4.69) is 43.4 Å². The molecule has 3 heteroatoms. The van der Waals surface area contributed by atoms with Crippen LogP contribution in [-0.2, 0) is 4.79 Å². The van der Waals surface area contributed by atoms with E-state index in [4.69, 9.17) is 0 Å². The minimum absolute atomic E-state index is 0.199. The van der Waals surface area contributed by atoms with Crippen LogP contribution >= 0.6 is 0 Å². The van der Waals surface area contributed by atoms with Crippen molar-refractivity contribution in [2.75, 3.05) is 13.1 Å². The maximum absolute atomic E-state index is 11.3. The van der Waals surface area contributed by atoms with Gasteiger partial charge in [0, 0.05) is 32.1 Å². The van der Waals surface area contributed by atoms with Crippen molar-refractivity contribution in [2.45, 2.75) is 45.7 Å². The maximum Gasteiger partial charge on any atom is 0.219 e. The monoisotopic (exact) mass is 260 g/mol. The third kappa shape index (κ3) is 3.57. The van der Waals surface area contributed by atoms with Gasteiger partial charge >= 0.3 is 0 Å². The summed E-state index contributed by atoms with van der Waals surface area (Å²) in [6, 6.07) is 9.42. The molecule has 19 heavy (non-hydrogen) atoms. The number of likely N-dealkylation sites (tertiary alicyclic amines) is 1. The minimum atomic E-state index is 0.199. The predicted molar refractivity (Wildman–Crippen MR) is 78.0 cm³/mol. The van der Waals surface area contributed by atoms with E-state index in [1.165, 1.54) is 11.1 Å². The number of amides is 1. The van der Waals surface area contributed by atoms with E-state index in [9.17, 15) is 4.79 Å². The lowest BCUT2D eigenvalue weighted by Crippen LogP contribution is -2.44. The molecular formula is C16H24N2O. The van der Waals surface area contributed by atoms with Gasteiger partial charge in [0.2, 0.25) is 5.91 Å². The summed E-state index contributed by atoms with van der Waals surface area (Å²) < 4.78 is 0. The van der Waals surface area contributed by atoms with E-state index in [0.29, 0.717) is 12.1 Å². The third-order valence-electron chi connectivity index (χ3n) is 4.08. The molecule has 3 nitrogen and oxygen atoms in total. The van der Waals surface area contributed by atoms with Crippen LogP contribution in [0.3, 0.4) is 0 Å². The van der Waals surface area contributed by atoms with E-state index in [1.54, 1.807) is 6.92 Å². The molecule has 1 aromatic rings. The zero-order valence-corrected chi connectivity index (χ0v) is 12.1. The third-order valence-corrected chi connectivity index (χ3v) is 4.08. The van der Waals surface area contributed by atoms with E-state index < -0.39 is 0 Å². The van der Waals surface area contributed by atoms with Crippen LogP contribution in [0.4, 0.5) is 0 Å². The molecule has 1 N–H and O–H groups in total. The van der Waals surface area contributed by atoms with Crippen molar-refractivity contribution >= 4 is 5.91 Å². The number of hydrogen-bond donors (Lipinski definition) is 1. The molecule has 2 rings (SSSR count). The Labute approximate surface area is 116 Å². The summed E-state index contributed by atoms with van der Waals surface area (Å²) in [4.78, 5) is 13.2. The first kappa shape index (κ1) is 14.1. The summed E-state index contributed by atoms with van der Waals surface area (Å²) in [7, 11) is 0. The highest BCUT2D eigenvalue weighted by Gasteiger charge is 2.22. The zero-order chi connectivity index (χ0) is 13.8. The van der Waals surface area contributed by atoms with Crippen LogP contribution in [0.25, 0.3) is 0 Å². The number of nitrogens with zero attached hydrogens (tertiary/aromatic N) is 1. The average Bonchev–Trinajstić information content (AvgIpc) is 2.39. The first-order valence-electron chi connectivity index (χ1n) is 7.15. The fourth-order valence-electron chi connectivity index (χ4n) is 2.88. The molecule has 1 unspecified atom stereocenters. The largest absolute Gasteiger partial charge is 0.343 e. The van der Waals surface area contributed by atoms with Crippen molar-refractivity contribution in [3.05, 3.63) is 35.4 Å². The van der Waals surface area contributed by atoms with Gasteiger partial charge in [-0.3, -0.25) is 4.79 Å². The first-order chi connectivity index (χ1) is 9.08. The lowest BCUT2D eigenvalue weighted by atomic mass is 9.99. The van der Waals surface area contributed by atoms with Crippen molar-refractivity contribution in [3.8, 4) is 0 Å². The highest BCUT2D eigenvalue weighted by Crippen LogP contribution is 2.20. The summed E-state index contributed by atoms with van der Waals surface area (Å²) >= 11 is 0. The summed E-state index contributed by atoms with van der Waals surface area (Å²) in [5, 5.41) is 3.70. The van der Waals surface area contributed by atoms with Gasteiger partial charge in [0.05, 0.1) is 0 Å². The molecule has 0 aromatic heterocycles. The second kappa shape index (κ2) is 6.20. The number of benzene rings is 1. The topological polar surface area (TPSA) is 32.3 Å². The lowest BCUT2D eigenvalue weighted by Gasteiger charge is -2.33. The Balaban J connectivity index is 1.89. The van der Waals surface area contributed by atoms with Gasteiger partial charge in [0.15, 0.2) is 0 Å². The molecule has 0 radical (unpaired) electrons. The lowest BCUT2D eigenvalue weighted by molar-refractivity contribution is -0.129. The highest BCUT2D eigenvalue weighted by molar-refractivity contribution is 5.73. The SMILES string of the molecule is CC(=O)N1CCC(NC(C)c2ccccc2C)CC1. The number of piperidine rings is 1. The first-order valence-corrected chi connectivity index (χ1v) is 7.15. The average molecular weight is 260 g/mol. The molecule has 0 bridgehead atoms. The van der Waals surface area contributed by atoms with Gasteiger partial charge in [0.25, 0.3) is 0 Å². The van der Waals surface area contributed by atoms with Gasteiger partial charge in [-0.05, 0) is 37.8 Å². The van der Waals surface area contributed by atoms with Gasteiger partial charge in [-0.15, -0.1) is 0 Å². The fraction of sp³-hybridized carbons (Fsp3) is 0.562. The summed E-state index contributed by atoms with van der Waals surface area (Å²) in [6.07, 6.45) is 2.10. The molecule has 1 heterocycles. The van der Waals surface area contributed by atoms with Crippen molar-refractivity contribution < 1.29 is 4.79 Å². The molecule has 1 aromatic carbocycles. The van der Waals surface area contributed by atoms with Crippen LogP contribution in [0.2, 0.25) is 0 Å². The molecule has 0 spiro atoms. The van der Waals surface area contributed by atoms with Crippen molar-refractivity contribution in [1.82, 2.24) is 10.2 Å². The molecule has 0 aliphatic carbocycles. The predicted octanol–water partition coefficient (Wildman–Crippen LogP) is 2.66. The van der Waals surface area contributed by atoms with Crippen LogP contribution in [0.5, 0.6) is 0 Å². The van der Waals surface area contributed by atoms with Crippen LogP contribution in [0.15, 0.2) is 24.3 Å². The van der Waals surface area contributed by atoms with Gasteiger partial charge < -0.3 is 10.2 Å². The minimum Gasteiger partial charge on any atom is -0.343 e. The Morgan fingerprint density at radius 1 is 1.32 bits per heavy atom. The molecule has 1 aliphatic rings. The summed E-state index contributed by atoms with van der Waals surface area (Å²) in [6.45, 7) is 7.80. The summed E-state index contributed by atoms with van der Waals surface area (Å²) in [5.41, 5.74) is 2.71. The molecule has 1 aliphatic heterocycles. The molecule has 0 saturated carbocycles. The molecule has 1 fully saturated rings. The van der Waals surface area contributed by atoms with E-state index in [0.717, 1.165) is 25.9 Å². The number of carbonyl (C=O) groups is 1. The van der Waals surface area contributed by atoms with Gasteiger partial charge in [-0.2, -0.15) is 0 Å². The Bertz CT molecular complexity index is 436. The molecule has 104 valence electrons. The number of nitrogens with one attached hydrogen (secondary N) is 1. The van der Waals surface area contributed by atoms with Crippen LogP contribution in [0.1, 0.15) is 43.9 Å². The van der Waals surface area contributed by atoms with Crippen molar-refractivity contribution in [3.63, 3.8) is 0 Å². The van der Waals surface area contributed by atoms with Crippen molar-refractivity contribution in [1.29, 1.82) is 0 Å². The van der Waals surface area contributed by atoms with Gasteiger partial charge in [0.1, 0.15) is 0 Å². The van der Waals surface area contributed by atoms with Gasteiger partial charge in [-0.25, -0.2) is 0 Å². The van der Waals surface area contributed by atoms with Crippen LogP contribution < -0.4 is 5.32 Å². The van der Waals surface area contributed by atoms with E-state index in [-0.39, 0.29) is 5.91 Å². The molecule has 1 atom stereocenters. The number of aryl methyl sites for hydroxylation is 1. The zero-order valence-electron chi connectivity index (χ0n) is 12.1. The van der Waals surface area contributed by atoms with Crippen LogP contribution in [0, 0.1) is 6.92 Å².